The molecular formula is C15H20N2O2. The van der Waals surface area contributed by atoms with Gasteiger partial charge >= 0.3 is 0 Å². The fourth-order valence-electron chi connectivity index (χ4n) is 2.74. The van der Waals surface area contributed by atoms with Crippen molar-refractivity contribution in [1.29, 1.82) is 0 Å². The van der Waals surface area contributed by atoms with Crippen LogP contribution in [0, 0.1) is 0 Å². The highest BCUT2D eigenvalue weighted by Crippen LogP contribution is 2.25. The Morgan fingerprint density at radius 2 is 2.32 bits per heavy atom. The molecule has 0 aliphatic carbocycles. The van der Waals surface area contributed by atoms with Crippen molar-refractivity contribution >= 4 is 5.91 Å². The number of hydrogen-bond acceptors (Lipinski definition) is 3. The standard InChI is InChI=1S/C15H20N2O2/c18-15(17-13-3-1-2-7-16-10-13)12-4-5-14-11(9-12)6-8-19-14/h4-5,9,13,16H,1-3,6-8,10H2,(H,17,18). The SMILES string of the molecule is O=C(NC1CCCCNC1)c1ccc2c(c1)CCO2. The lowest BCUT2D eigenvalue weighted by Crippen LogP contribution is -2.40. The fraction of sp³-hybridized carbons (Fsp3) is 0.533. The predicted molar refractivity (Wildman–Crippen MR) is 73.6 cm³/mol. The van der Waals surface area contributed by atoms with Crippen LogP contribution >= 0.6 is 0 Å². The Labute approximate surface area is 113 Å². The molecule has 1 unspecified atom stereocenters. The van der Waals surface area contributed by atoms with E-state index in [1.165, 1.54) is 12.8 Å². The Kier molecular flexibility index (Phi) is 3.69. The van der Waals surface area contributed by atoms with Crippen LogP contribution in [0.1, 0.15) is 35.2 Å². The second kappa shape index (κ2) is 5.61. The Hall–Kier alpha value is -1.55. The molecule has 2 heterocycles. The van der Waals surface area contributed by atoms with Gasteiger partial charge < -0.3 is 15.4 Å². The van der Waals surface area contributed by atoms with Crippen LogP contribution < -0.4 is 15.4 Å². The third kappa shape index (κ3) is 2.89. The van der Waals surface area contributed by atoms with Crippen molar-refractivity contribution in [3.8, 4) is 5.75 Å². The van der Waals surface area contributed by atoms with Gasteiger partial charge in [0.25, 0.3) is 5.91 Å². The second-order valence-corrected chi connectivity index (χ2v) is 5.29. The summed E-state index contributed by atoms with van der Waals surface area (Å²) in [6.07, 6.45) is 4.34. The van der Waals surface area contributed by atoms with Gasteiger partial charge in [0, 0.05) is 24.6 Å². The lowest BCUT2D eigenvalue weighted by Gasteiger charge is -2.16. The lowest BCUT2D eigenvalue weighted by molar-refractivity contribution is 0.0935. The van der Waals surface area contributed by atoms with Crippen molar-refractivity contribution in [2.24, 2.45) is 0 Å². The average Bonchev–Trinajstić information content (AvgIpc) is 2.75. The van der Waals surface area contributed by atoms with E-state index in [1.807, 2.05) is 18.2 Å². The molecule has 2 N–H and O–H groups in total. The number of amides is 1. The molecule has 1 fully saturated rings. The number of nitrogens with one attached hydrogen (secondary N) is 2. The molecule has 1 atom stereocenters. The van der Waals surface area contributed by atoms with Gasteiger partial charge in [-0.25, -0.2) is 0 Å². The normalized spacial score (nSPS) is 22.2. The van der Waals surface area contributed by atoms with Gasteiger partial charge in [0.05, 0.1) is 6.61 Å². The number of carbonyl (C=O) groups is 1. The van der Waals surface area contributed by atoms with Gasteiger partial charge in [0.15, 0.2) is 0 Å². The maximum atomic E-state index is 12.2. The maximum absolute atomic E-state index is 12.2. The van der Waals surface area contributed by atoms with Crippen molar-refractivity contribution < 1.29 is 9.53 Å². The molecule has 4 heteroatoms. The summed E-state index contributed by atoms with van der Waals surface area (Å²) in [4.78, 5) is 12.2. The van der Waals surface area contributed by atoms with Gasteiger partial charge in [-0.05, 0) is 43.1 Å². The lowest BCUT2D eigenvalue weighted by atomic mass is 10.1. The van der Waals surface area contributed by atoms with Crippen molar-refractivity contribution in [1.82, 2.24) is 10.6 Å². The Bertz CT molecular complexity index is 465. The first-order valence-electron chi connectivity index (χ1n) is 7.10. The van der Waals surface area contributed by atoms with E-state index in [9.17, 15) is 4.79 Å². The molecule has 102 valence electrons. The summed E-state index contributed by atoms with van der Waals surface area (Å²) < 4.78 is 5.46. The first-order chi connectivity index (χ1) is 9.33. The van der Waals surface area contributed by atoms with E-state index < -0.39 is 0 Å². The van der Waals surface area contributed by atoms with E-state index in [0.717, 1.165) is 49.4 Å². The fourth-order valence-corrected chi connectivity index (χ4v) is 2.74. The van der Waals surface area contributed by atoms with Crippen LogP contribution in [-0.4, -0.2) is 31.6 Å². The molecule has 0 spiro atoms. The third-order valence-corrected chi connectivity index (χ3v) is 3.83. The first-order valence-corrected chi connectivity index (χ1v) is 7.10. The Morgan fingerprint density at radius 1 is 1.37 bits per heavy atom. The second-order valence-electron chi connectivity index (χ2n) is 5.29. The van der Waals surface area contributed by atoms with Crippen LogP contribution in [0.4, 0.5) is 0 Å². The van der Waals surface area contributed by atoms with Crippen LogP contribution in [-0.2, 0) is 6.42 Å². The van der Waals surface area contributed by atoms with Crippen molar-refractivity contribution in [3.63, 3.8) is 0 Å². The molecule has 1 amide bonds. The first kappa shape index (κ1) is 12.5. The van der Waals surface area contributed by atoms with Crippen molar-refractivity contribution in [3.05, 3.63) is 29.3 Å². The topological polar surface area (TPSA) is 50.4 Å². The molecule has 2 aliphatic rings. The number of hydrogen-bond donors (Lipinski definition) is 2. The van der Waals surface area contributed by atoms with E-state index in [-0.39, 0.29) is 11.9 Å². The smallest absolute Gasteiger partial charge is 0.251 e. The van der Waals surface area contributed by atoms with E-state index in [4.69, 9.17) is 4.74 Å². The minimum Gasteiger partial charge on any atom is -0.493 e. The van der Waals surface area contributed by atoms with Crippen molar-refractivity contribution in [2.75, 3.05) is 19.7 Å². The Morgan fingerprint density at radius 3 is 3.26 bits per heavy atom. The third-order valence-electron chi connectivity index (χ3n) is 3.83. The van der Waals surface area contributed by atoms with E-state index in [1.54, 1.807) is 0 Å². The zero-order valence-corrected chi connectivity index (χ0v) is 11.1. The highest BCUT2D eigenvalue weighted by atomic mass is 16.5. The highest BCUT2D eigenvalue weighted by Gasteiger charge is 2.18. The Balaban J connectivity index is 1.66. The molecule has 4 nitrogen and oxygen atoms in total. The number of ether oxygens (including phenoxy) is 1. The summed E-state index contributed by atoms with van der Waals surface area (Å²) in [5, 5.41) is 6.49. The summed E-state index contributed by atoms with van der Waals surface area (Å²) >= 11 is 0. The monoisotopic (exact) mass is 260 g/mol. The summed E-state index contributed by atoms with van der Waals surface area (Å²) in [7, 11) is 0. The summed E-state index contributed by atoms with van der Waals surface area (Å²) in [6.45, 7) is 2.66. The molecule has 0 saturated carbocycles. The van der Waals surface area contributed by atoms with Gasteiger partial charge in [0.2, 0.25) is 0 Å². The molecule has 1 saturated heterocycles. The molecule has 19 heavy (non-hydrogen) atoms. The highest BCUT2D eigenvalue weighted by molar-refractivity contribution is 5.94. The van der Waals surface area contributed by atoms with E-state index >= 15 is 0 Å². The van der Waals surface area contributed by atoms with Crippen LogP contribution in [0.3, 0.4) is 0 Å². The van der Waals surface area contributed by atoms with Gasteiger partial charge in [-0.2, -0.15) is 0 Å². The van der Waals surface area contributed by atoms with Crippen LogP contribution in [0.5, 0.6) is 5.75 Å². The molecule has 1 aromatic rings. The zero-order valence-electron chi connectivity index (χ0n) is 11.1. The zero-order chi connectivity index (χ0) is 13.1. The van der Waals surface area contributed by atoms with Crippen LogP contribution in [0.2, 0.25) is 0 Å². The van der Waals surface area contributed by atoms with Gasteiger partial charge in [-0.15, -0.1) is 0 Å². The van der Waals surface area contributed by atoms with E-state index in [2.05, 4.69) is 10.6 Å². The quantitative estimate of drug-likeness (QED) is 0.847. The molecule has 0 radical (unpaired) electrons. The van der Waals surface area contributed by atoms with Crippen molar-refractivity contribution in [2.45, 2.75) is 31.7 Å². The largest absolute Gasteiger partial charge is 0.493 e. The number of rotatable bonds is 2. The van der Waals surface area contributed by atoms with Crippen LogP contribution in [0.25, 0.3) is 0 Å². The van der Waals surface area contributed by atoms with Gasteiger partial charge in [-0.1, -0.05) is 6.42 Å². The molecule has 1 aromatic carbocycles. The maximum Gasteiger partial charge on any atom is 0.251 e. The predicted octanol–water partition coefficient (Wildman–Crippen LogP) is 1.49. The minimum absolute atomic E-state index is 0.0309. The molecule has 0 bridgehead atoms. The van der Waals surface area contributed by atoms with Gasteiger partial charge in [-0.3, -0.25) is 4.79 Å². The summed E-state index contributed by atoms with van der Waals surface area (Å²) in [5.41, 5.74) is 1.89. The van der Waals surface area contributed by atoms with E-state index in [0.29, 0.717) is 0 Å². The molecule has 0 aromatic heterocycles. The number of fused-ring (bicyclic) bond motifs is 1. The molecule has 3 rings (SSSR count). The van der Waals surface area contributed by atoms with Gasteiger partial charge in [0.1, 0.15) is 5.75 Å². The van der Waals surface area contributed by atoms with Crippen LogP contribution in [0.15, 0.2) is 18.2 Å². The molecular weight excluding hydrogens is 240 g/mol. The average molecular weight is 260 g/mol. The summed E-state index contributed by atoms with van der Waals surface area (Å²) in [5.74, 6) is 0.955. The minimum atomic E-state index is 0.0309. The summed E-state index contributed by atoms with van der Waals surface area (Å²) in [6, 6.07) is 5.97. The number of carbonyl (C=O) groups excluding carboxylic acids is 1. The number of benzene rings is 1. The molecule has 2 aliphatic heterocycles.